The molecule has 0 aliphatic heterocycles. The number of carbonyl (C=O) groups excluding carboxylic acids is 1. The van der Waals surface area contributed by atoms with E-state index in [1.54, 1.807) is 24.3 Å². The van der Waals surface area contributed by atoms with Gasteiger partial charge >= 0.3 is 5.97 Å². The molecule has 0 spiro atoms. The summed E-state index contributed by atoms with van der Waals surface area (Å²) in [6.45, 7) is 10.1. The third kappa shape index (κ3) is 7.71. The maximum atomic E-state index is 12.5. The molecule has 1 aromatic carbocycles. The fourth-order valence-electron chi connectivity index (χ4n) is 2.58. The number of benzene rings is 1. The molecule has 0 saturated carbocycles. The lowest BCUT2D eigenvalue weighted by atomic mass is 10.0. The molecule has 0 aliphatic carbocycles. The van der Waals surface area contributed by atoms with E-state index in [1.165, 1.54) is 0 Å². The predicted molar refractivity (Wildman–Crippen MR) is 105 cm³/mol. The monoisotopic (exact) mass is 362 g/mol. The van der Waals surface area contributed by atoms with Crippen LogP contribution in [-0.4, -0.2) is 35.5 Å². The summed E-state index contributed by atoms with van der Waals surface area (Å²) in [5.41, 5.74) is 0.489. The molecule has 0 heterocycles. The Bertz CT molecular complexity index is 538. The van der Waals surface area contributed by atoms with Crippen molar-refractivity contribution in [3.63, 3.8) is 0 Å². The molecule has 4 nitrogen and oxygen atoms in total. The van der Waals surface area contributed by atoms with Gasteiger partial charge in [-0.25, -0.2) is 4.79 Å². The zero-order chi connectivity index (χ0) is 19.5. The van der Waals surface area contributed by atoms with Crippen LogP contribution >= 0.6 is 0 Å². The number of carbonyl (C=O) groups is 1. The van der Waals surface area contributed by atoms with E-state index in [4.69, 9.17) is 9.47 Å². The predicted octanol–water partition coefficient (Wildman–Crippen LogP) is 4.77. The summed E-state index contributed by atoms with van der Waals surface area (Å²) >= 11 is 0. The molecule has 146 valence electrons. The SMILES string of the molecule is CCCC(O)C(OC(C)C)C(/C=C\C(C)CC)OC(=O)c1ccccc1. The molecule has 1 aromatic rings. The fraction of sp³-hybridized carbons (Fsp3) is 0.591. The molecular formula is C22H34O4. The number of hydrogen-bond donors (Lipinski definition) is 1. The van der Waals surface area contributed by atoms with Crippen LogP contribution in [0.25, 0.3) is 0 Å². The topological polar surface area (TPSA) is 55.8 Å². The zero-order valence-electron chi connectivity index (χ0n) is 16.7. The second-order valence-electron chi connectivity index (χ2n) is 7.01. The minimum atomic E-state index is -0.697. The van der Waals surface area contributed by atoms with E-state index < -0.39 is 24.3 Å². The number of aliphatic hydroxyl groups excluding tert-OH is 1. The summed E-state index contributed by atoms with van der Waals surface area (Å²) in [4.78, 5) is 12.5. The van der Waals surface area contributed by atoms with Crippen molar-refractivity contribution in [2.75, 3.05) is 0 Å². The maximum Gasteiger partial charge on any atom is 0.338 e. The highest BCUT2D eigenvalue weighted by atomic mass is 16.6. The Balaban J connectivity index is 3.06. The van der Waals surface area contributed by atoms with E-state index in [1.807, 2.05) is 39.0 Å². The summed E-state index contributed by atoms with van der Waals surface area (Å²) in [6, 6.07) is 8.90. The van der Waals surface area contributed by atoms with E-state index >= 15 is 0 Å². The Morgan fingerprint density at radius 1 is 1.12 bits per heavy atom. The van der Waals surface area contributed by atoms with Gasteiger partial charge in [0.2, 0.25) is 0 Å². The molecule has 4 heteroatoms. The molecule has 1 N–H and O–H groups in total. The van der Waals surface area contributed by atoms with Gasteiger partial charge in [-0.3, -0.25) is 0 Å². The number of rotatable bonds is 11. The number of aliphatic hydroxyl groups is 1. The Hall–Kier alpha value is -1.65. The number of allylic oxidation sites excluding steroid dienone is 1. The van der Waals surface area contributed by atoms with Gasteiger partial charge in [-0.2, -0.15) is 0 Å². The van der Waals surface area contributed by atoms with E-state index in [-0.39, 0.29) is 6.10 Å². The van der Waals surface area contributed by atoms with E-state index in [9.17, 15) is 9.90 Å². The molecule has 0 fully saturated rings. The highest BCUT2D eigenvalue weighted by molar-refractivity contribution is 5.89. The van der Waals surface area contributed by atoms with Gasteiger partial charge in [0.05, 0.1) is 17.8 Å². The van der Waals surface area contributed by atoms with Gasteiger partial charge < -0.3 is 14.6 Å². The first kappa shape index (κ1) is 22.4. The van der Waals surface area contributed by atoms with Gasteiger partial charge in [0.1, 0.15) is 12.2 Å². The van der Waals surface area contributed by atoms with Crippen molar-refractivity contribution in [3.05, 3.63) is 48.0 Å². The van der Waals surface area contributed by atoms with Crippen LogP contribution < -0.4 is 0 Å². The van der Waals surface area contributed by atoms with Crippen LogP contribution in [0.2, 0.25) is 0 Å². The lowest BCUT2D eigenvalue weighted by Gasteiger charge is -2.30. The first-order valence-electron chi connectivity index (χ1n) is 9.66. The van der Waals surface area contributed by atoms with Crippen LogP contribution in [0.3, 0.4) is 0 Å². The number of esters is 1. The standard InChI is InChI=1S/C22H34O4/c1-6-11-19(23)21(25-16(3)4)20(15-14-17(5)7-2)26-22(24)18-12-9-8-10-13-18/h8-10,12-17,19-21,23H,6-7,11H2,1-5H3/b15-14-. The fourth-order valence-corrected chi connectivity index (χ4v) is 2.58. The Labute approximate surface area is 158 Å². The minimum Gasteiger partial charge on any atom is -0.452 e. The Kier molecular flexibility index (Phi) is 10.2. The summed E-state index contributed by atoms with van der Waals surface area (Å²) in [7, 11) is 0. The third-order valence-corrected chi connectivity index (χ3v) is 4.24. The van der Waals surface area contributed by atoms with Crippen molar-refractivity contribution in [1.29, 1.82) is 0 Å². The van der Waals surface area contributed by atoms with Crippen molar-refractivity contribution in [1.82, 2.24) is 0 Å². The molecule has 26 heavy (non-hydrogen) atoms. The molecule has 0 radical (unpaired) electrons. The van der Waals surface area contributed by atoms with Crippen molar-refractivity contribution in [2.24, 2.45) is 5.92 Å². The highest BCUT2D eigenvalue weighted by Crippen LogP contribution is 2.19. The zero-order valence-corrected chi connectivity index (χ0v) is 16.7. The summed E-state index contributed by atoms with van der Waals surface area (Å²) in [6.07, 6.45) is 4.28. The lowest BCUT2D eigenvalue weighted by molar-refractivity contribution is -0.113. The molecule has 0 amide bonds. The molecular weight excluding hydrogens is 328 g/mol. The summed E-state index contributed by atoms with van der Waals surface area (Å²) in [5, 5.41) is 10.6. The lowest BCUT2D eigenvalue weighted by Crippen LogP contribution is -2.43. The van der Waals surface area contributed by atoms with Gasteiger partial charge in [0.15, 0.2) is 0 Å². The van der Waals surface area contributed by atoms with E-state index in [0.717, 1.165) is 12.8 Å². The molecule has 4 unspecified atom stereocenters. The summed E-state index contributed by atoms with van der Waals surface area (Å²) in [5.74, 6) is -0.0543. The molecule has 0 saturated heterocycles. The first-order valence-corrected chi connectivity index (χ1v) is 9.66. The highest BCUT2D eigenvalue weighted by Gasteiger charge is 2.31. The Morgan fingerprint density at radius 3 is 2.31 bits per heavy atom. The van der Waals surface area contributed by atoms with Crippen molar-refractivity contribution in [3.8, 4) is 0 Å². The molecule has 1 rings (SSSR count). The third-order valence-electron chi connectivity index (χ3n) is 4.24. The summed E-state index contributed by atoms with van der Waals surface area (Å²) < 4.78 is 11.7. The molecule has 0 bridgehead atoms. The molecule has 0 aliphatic rings. The van der Waals surface area contributed by atoms with Crippen molar-refractivity contribution in [2.45, 2.75) is 78.3 Å². The van der Waals surface area contributed by atoms with E-state index in [2.05, 4.69) is 13.8 Å². The van der Waals surface area contributed by atoms with Gasteiger partial charge in [-0.1, -0.05) is 57.9 Å². The van der Waals surface area contributed by atoms with Crippen LogP contribution in [0.1, 0.15) is 64.2 Å². The van der Waals surface area contributed by atoms with Crippen molar-refractivity contribution >= 4 is 5.97 Å². The van der Waals surface area contributed by atoms with Crippen LogP contribution in [0, 0.1) is 5.92 Å². The quantitative estimate of drug-likeness (QED) is 0.455. The molecule has 4 atom stereocenters. The Morgan fingerprint density at radius 2 is 1.77 bits per heavy atom. The van der Waals surface area contributed by atoms with Gasteiger partial charge in [0.25, 0.3) is 0 Å². The largest absolute Gasteiger partial charge is 0.452 e. The first-order chi connectivity index (χ1) is 12.4. The minimum absolute atomic E-state index is 0.0820. The smallest absolute Gasteiger partial charge is 0.338 e. The van der Waals surface area contributed by atoms with Crippen LogP contribution in [0.15, 0.2) is 42.5 Å². The number of hydrogen-bond acceptors (Lipinski definition) is 4. The van der Waals surface area contributed by atoms with Crippen molar-refractivity contribution < 1.29 is 19.4 Å². The average Bonchev–Trinajstić information content (AvgIpc) is 2.63. The normalized spacial score (nSPS) is 16.4. The second-order valence-corrected chi connectivity index (χ2v) is 7.01. The average molecular weight is 363 g/mol. The van der Waals surface area contributed by atoms with Crippen LogP contribution in [-0.2, 0) is 9.47 Å². The maximum absolute atomic E-state index is 12.5. The van der Waals surface area contributed by atoms with Gasteiger partial charge in [0, 0.05) is 0 Å². The molecule has 0 aromatic heterocycles. The second kappa shape index (κ2) is 11.9. The van der Waals surface area contributed by atoms with Crippen LogP contribution in [0.5, 0.6) is 0 Å². The van der Waals surface area contributed by atoms with Gasteiger partial charge in [-0.15, -0.1) is 0 Å². The van der Waals surface area contributed by atoms with Gasteiger partial charge in [-0.05, 0) is 44.4 Å². The van der Waals surface area contributed by atoms with E-state index in [0.29, 0.717) is 17.9 Å². The van der Waals surface area contributed by atoms with Crippen LogP contribution in [0.4, 0.5) is 0 Å². The number of ether oxygens (including phenoxy) is 2.